The van der Waals surface area contributed by atoms with Crippen molar-refractivity contribution >= 4 is 23.2 Å². The van der Waals surface area contributed by atoms with Crippen LogP contribution in [0.2, 0.25) is 0 Å². The molecule has 1 amide bonds. The van der Waals surface area contributed by atoms with E-state index in [0.29, 0.717) is 13.1 Å². The third-order valence-corrected chi connectivity index (χ3v) is 3.59. The third kappa shape index (κ3) is 3.04. The predicted octanol–water partition coefficient (Wildman–Crippen LogP) is 2.75. The summed E-state index contributed by atoms with van der Waals surface area (Å²) in [5, 5.41) is 10.9. The number of piperidine rings is 1. The van der Waals surface area contributed by atoms with Crippen LogP contribution in [-0.4, -0.2) is 34.2 Å². The topological polar surface area (TPSA) is 63.5 Å². The summed E-state index contributed by atoms with van der Waals surface area (Å²) in [6, 6.07) is 4.58. The number of amides is 1. The summed E-state index contributed by atoms with van der Waals surface area (Å²) < 4.78 is 0. The molecule has 0 aliphatic carbocycles. The molecule has 0 spiro atoms. The van der Waals surface area contributed by atoms with Gasteiger partial charge in [0.05, 0.1) is 10.3 Å². The molecule has 1 unspecified atom stereocenters. The van der Waals surface area contributed by atoms with Crippen LogP contribution in [0.5, 0.6) is 0 Å². The predicted molar refractivity (Wildman–Crippen MR) is 72.6 cm³/mol. The lowest BCUT2D eigenvalue weighted by Gasteiger charge is -2.29. The van der Waals surface area contributed by atoms with Gasteiger partial charge in [-0.3, -0.25) is 14.9 Å². The highest BCUT2D eigenvalue weighted by Crippen LogP contribution is 2.24. The second-order valence-corrected chi connectivity index (χ2v) is 5.39. The molecule has 2 rings (SSSR count). The van der Waals surface area contributed by atoms with E-state index in [1.165, 1.54) is 6.07 Å². The standard InChI is InChI=1S/C13H15ClN2O3/c1-9-4-5-12(16(18)19)11(7-9)13(17)15-6-2-3-10(14)8-15/h4-5,7,10H,2-3,6,8H2,1H3. The van der Waals surface area contributed by atoms with Gasteiger partial charge >= 0.3 is 0 Å². The molecule has 6 heteroatoms. The molecule has 1 aromatic rings. The molecule has 1 fully saturated rings. The van der Waals surface area contributed by atoms with Crippen LogP contribution in [-0.2, 0) is 0 Å². The monoisotopic (exact) mass is 282 g/mol. The van der Waals surface area contributed by atoms with Crippen molar-refractivity contribution in [2.24, 2.45) is 0 Å². The van der Waals surface area contributed by atoms with Gasteiger partial charge in [-0.2, -0.15) is 0 Å². The number of aryl methyl sites for hydroxylation is 1. The maximum absolute atomic E-state index is 12.4. The number of likely N-dealkylation sites (tertiary alicyclic amines) is 1. The number of carbonyl (C=O) groups excluding carboxylic acids is 1. The maximum Gasteiger partial charge on any atom is 0.282 e. The van der Waals surface area contributed by atoms with Gasteiger partial charge in [0.15, 0.2) is 0 Å². The number of nitro benzene ring substituents is 1. The summed E-state index contributed by atoms with van der Waals surface area (Å²) >= 11 is 6.05. The van der Waals surface area contributed by atoms with E-state index in [1.807, 2.05) is 0 Å². The fraction of sp³-hybridized carbons (Fsp3) is 0.462. The van der Waals surface area contributed by atoms with Crippen LogP contribution in [0.25, 0.3) is 0 Å². The van der Waals surface area contributed by atoms with Crippen LogP contribution in [0.3, 0.4) is 0 Å². The minimum absolute atomic E-state index is 0.0680. The quantitative estimate of drug-likeness (QED) is 0.476. The first-order chi connectivity index (χ1) is 8.99. The first-order valence-electron chi connectivity index (χ1n) is 6.17. The average molecular weight is 283 g/mol. The first-order valence-corrected chi connectivity index (χ1v) is 6.61. The van der Waals surface area contributed by atoms with Crippen molar-refractivity contribution < 1.29 is 9.72 Å². The number of benzene rings is 1. The van der Waals surface area contributed by atoms with Crippen LogP contribution in [0.1, 0.15) is 28.8 Å². The second kappa shape index (κ2) is 5.57. The van der Waals surface area contributed by atoms with Gasteiger partial charge in [-0.1, -0.05) is 6.07 Å². The molecule has 102 valence electrons. The van der Waals surface area contributed by atoms with Gasteiger partial charge in [-0.05, 0) is 31.4 Å². The van der Waals surface area contributed by atoms with E-state index in [9.17, 15) is 14.9 Å². The van der Waals surface area contributed by atoms with Crippen LogP contribution in [0, 0.1) is 17.0 Å². The number of nitro groups is 1. The fourth-order valence-corrected chi connectivity index (χ4v) is 2.58. The molecular formula is C13H15ClN2O3. The lowest BCUT2D eigenvalue weighted by atomic mass is 10.1. The highest BCUT2D eigenvalue weighted by atomic mass is 35.5. The Morgan fingerprint density at radius 1 is 1.53 bits per heavy atom. The molecule has 19 heavy (non-hydrogen) atoms. The van der Waals surface area contributed by atoms with Gasteiger partial charge in [-0.25, -0.2) is 0 Å². The van der Waals surface area contributed by atoms with Gasteiger partial charge in [0.1, 0.15) is 5.56 Å². The van der Waals surface area contributed by atoms with E-state index in [-0.39, 0.29) is 22.5 Å². The molecule has 1 atom stereocenters. The van der Waals surface area contributed by atoms with Crippen LogP contribution >= 0.6 is 11.6 Å². The molecule has 0 radical (unpaired) electrons. The summed E-state index contributed by atoms with van der Waals surface area (Å²) in [6.07, 6.45) is 1.71. The van der Waals surface area contributed by atoms with Crippen molar-refractivity contribution in [3.63, 3.8) is 0 Å². The van der Waals surface area contributed by atoms with Crippen LogP contribution < -0.4 is 0 Å². The smallest absolute Gasteiger partial charge is 0.282 e. The summed E-state index contributed by atoms with van der Waals surface area (Å²) in [5.74, 6) is -0.305. The molecule has 1 aliphatic rings. The van der Waals surface area contributed by atoms with E-state index < -0.39 is 4.92 Å². The molecule has 0 saturated carbocycles. The van der Waals surface area contributed by atoms with Crippen molar-refractivity contribution in [1.29, 1.82) is 0 Å². The molecule has 1 heterocycles. The molecule has 0 aromatic heterocycles. The summed E-state index contributed by atoms with van der Waals surface area (Å²) in [6.45, 7) is 2.86. The average Bonchev–Trinajstić information content (AvgIpc) is 2.37. The molecule has 5 nitrogen and oxygen atoms in total. The van der Waals surface area contributed by atoms with Crippen LogP contribution in [0.4, 0.5) is 5.69 Å². The SMILES string of the molecule is Cc1ccc([N+](=O)[O-])c(C(=O)N2CCCC(Cl)C2)c1. The first kappa shape index (κ1) is 13.8. The molecule has 0 N–H and O–H groups in total. The van der Waals surface area contributed by atoms with Gasteiger partial charge in [0.25, 0.3) is 11.6 Å². The highest BCUT2D eigenvalue weighted by Gasteiger charge is 2.28. The summed E-state index contributed by atoms with van der Waals surface area (Å²) in [5.41, 5.74) is 0.830. The Morgan fingerprint density at radius 3 is 2.89 bits per heavy atom. The molecule has 1 aliphatic heterocycles. The minimum Gasteiger partial charge on any atom is -0.337 e. The van der Waals surface area contributed by atoms with Crippen molar-refractivity contribution in [3.8, 4) is 0 Å². The lowest BCUT2D eigenvalue weighted by molar-refractivity contribution is -0.385. The van der Waals surface area contributed by atoms with E-state index >= 15 is 0 Å². The normalized spacial score (nSPS) is 19.3. The summed E-state index contributed by atoms with van der Waals surface area (Å²) in [4.78, 5) is 24.5. The Balaban J connectivity index is 2.32. The molecule has 1 aromatic carbocycles. The number of rotatable bonds is 2. The van der Waals surface area contributed by atoms with Crippen molar-refractivity contribution in [3.05, 3.63) is 39.4 Å². The zero-order valence-electron chi connectivity index (χ0n) is 10.6. The Morgan fingerprint density at radius 2 is 2.26 bits per heavy atom. The largest absolute Gasteiger partial charge is 0.337 e. The minimum atomic E-state index is -0.519. The second-order valence-electron chi connectivity index (χ2n) is 4.77. The molecule has 0 bridgehead atoms. The number of hydrogen-bond acceptors (Lipinski definition) is 3. The number of hydrogen-bond donors (Lipinski definition) is 0. The van der Waals surface area contributed by atoms with Crippen LogP contribution in [0.15, 0.2) is 18.2 Å². The molecular weight excluding hydrogens is 268 g/mol. The van der Waals surface area contributed by atoms with E-state index in [0.717, 1.165) is 18.4 Å². The molecule has 1 saturated heterocycles. The maximum atomic E-state index is 12.4. The van der Waals surface area contributed by atoms with E-state index in [4.69, 9.17) is 11.6 Å². The van der Waals surface area contributed by atoms with Gasteiger partial charge in [0.2, 0.25) is 0 Å². The Hall–Kier alpha value is -1.62. The van der Waals surface area contributed by atoms with Crippen molar-refractivity contribution in [2.75, 3.05) is 13.1 Å². The summed E-state index contributed by atoms with van der Waals surface area (Å²) in [7, 11) is 0. The Labute approximate surface area is 116 Å². The lowest BCUT2D eigenvalue weighted by Crippen LogP contribution is -2.40. The van der Waals surface area contributed by atoms with Gasteiger partial charge in [0, 0.05) is 19.2 Å². The van der Waals surface area contributed by atoms with Crippen molar-refractivity contribution in [1.82, 2.24) is 4.90 Å². The van der Waals surface area contributed by atoms with Crippen molar-refractivity contribution in [2.45, 2.75) is 25.1 Å². The zero-order valence-corrected chi connectivity index (χ0v) is 11.4. The Kier molecular flexibility index (Phi) is 4.04. The number of halogens is 1. The number of nitrogens with zero attached hydrogens (tertiary/aromatic N) is 2. The van der Waals surface area contributed by atoms with E-state index in [2.05, 4.69) is 0 Å². The van der Waals surface area contributed by atoms with Gasteiger partial charge in [-0.15, -0.1) is 11.6 Å². The van der Waals surface area contributed by atoms with E-state index in [1.54, 1.807) is 24.0 Å². The number of alkyl halides is 1. The number of carbonyl (C=O) groups is 1. The highest BCUT2D eigenvalue weighted by molar-refractivity contribution is 6.21. The van der Waals surface area contributed by atoms with Gasteiger partial charge < -0.3 is 4.90 Å². The Bertz CT molecular complexity index is 519. The fourth-order valence-electron chi connectivity index (χ4n) is 2.26. The zero-order chi connectivity index (χ0) is 14.0. The third-order valence-electron chi connectivity index (χ3n) is 3.23.